The molecule has 0 bridgehead atoms. The Kier molecular flexibility index (Phi) is 3.53. The molecule has 0 aliphatic carbocycles. The van der Waals surface area contributed by atoms with E-state index in [0.717, 1.165) is 10.5 Å². The van der Waals surface area contributed by atoms with Crippen LogP contribution >= 0.6 is 11.8 Å². The van der Waals surface area contributed by atoms with E-state index in [1.807, 2.05) is 31.2 Å². The molecule has 2 aromatic rings. The molecule has 18 heavy (non-hydrogen) atoms. The lowest BCUT2D eigenvalue weighted by Gasteiger charge is -2.06. The minimum Gasteiger partial charge on any atom is -0.478 e. The van der Waals surface area contributed by atoms with E-state index < -0.39 is 5.97 Å². The average Bonchev–Trinajstić information content (AvgIpc) is 2.34. The van der Waals surface area contributed by atoms with Crippen LogP contribution in [0, 0.1) is 6.92 Å². The lowest BCUT2D eigenvalue weighted by atomic mass is 10.2. The van der Waals surface area contributed by atoms with Gasteiger partial charge in [-0.15, -0.1) is 0 Å². The lowest BCUT2D eigenvalue weighted by molar-refractivity contribution is 0.0693. The molecule has 4 nitrogen and oxygen atoms in total. The second-order valence-corrected chi connectivity index (χ2v) is 4.94. The van der Waals surface area contributed by atoms with Crippen molar-refractivity contribution in [3.8, 4) is 0 Å². The number of hydrogen-bond acceptors (Lipinski definition) is 4. The number of hydrogen-bond donors (Lipinski definition) is 2. The van der Waals surface area contributed by atoms with Gasteiger partial charge in [-0.25, -0.2) is 9.78 Å². The predicted octanol–water partition coefficient (Wildman–Crippen LogP) is 2.82. The van der Waals surface area contributed by atoms with Crippen molar-refractivity contribution in [2.24, 2.45) is 0 Å². The van der Waals surface area contributed by atoms with Gasteiger partial charge in [0.1, 0.15) is 5.82 Å². The smallest absolute Gasteiger partial charge is 0.337 e. The van der Waals surface area contributed by atoms with Crippen LogP contribution in [0.2, 0.25) is 0 Å². The summed E-state index contributed by atoms with van der Waals surface area (Å²) in [4.78, 5) is 16.6. The van der Waals surface area contributed by atoms with Gasteiger partial charge < -0.3 is 10.8 Å². The normalized spacial score (nSPS) is 10.3. The maximum absolute atomic E-state index is 11.1. The minimum atomic E-state index is -1.00. The maximum atomic E-state index is 11.1. The molecule has 0 amide bonds. The van der Waals surface area contributed by atoms with E-state index in [2.05, 4.69) is 4.98 Å². The van der Waals surface area contributed by atoms with Gasteiger partial charge in [-0.05, 0) is 25.1 Å². The van der Waals surface area contributed by atoms with Crippen molar-refractivity contribution in [2.75, 3.05) is 5.73 Å². The van der Waals surface area contributed by atoms with Crippen LogP contribution in [0.5, 0.6) is 0 Å². The molecule has 1 heterocycles. The van der Waals surface area contributed by atoms with Crippen molar-refractivity contribution in [2.45, 2.75) is 16.7 Å². The third kappa shape index (κ3) is 2.81. The number of aromatic nitrogens is 1. The van der Waals surface area contributed by atoms with E-state index in [1.54, 1.807) is 0 Å². The van der Waals surface area contributed by atoms with Gasteiger partial charge >= 0.3 is 5.97 Å². The summed E-state index contributed by atoms with van der Waals surface area (Å²) < 4.78 is 0. The number of anilines is 1. The van der Waals surface area contributed by atoms with Crippen molar-refractivity contribution in [3.63, 3.8) is 0 Å². The molecule has 5 heteroatoms. The van der Waals surface area contributed by atoms with Crippen LogP contribution in [-0.2, 0) is 0 Å². The summed E-state index contributed by atoms with van der Waals surface area (Å²) in [6.45, 7) is 2.00. The molecule has 1 aromatic heterocycles. The van der Waals surface area contributed by atoms with Crippen molar-refractivity contribution >= 4 is 23.5 Å². The number of aryl methyl sites for hydroxylation is 1. The van der Waals surface area contributed by atoms with Crippen LogP contribution in [0.4, 0.5) is 5.82 Å². The van der Waals surface area contributed by atoms with Crippen molar-refractivity contribution < 1.29 is 9.90 Å². The highest BCUT2D eigenvalue weighted by Crippen LogP contribution is 2.30. The van der Waals surface area contributed by atoms with Gasteiger partial charge in [-0.1, -0.05) is 29.5 Å². The molecule has 0 aliphatic rings. The van der Waals surface area contributed by atoms with Gasteiger partial charge in [0.15, 0.2) is 0 Å². The van der Waals surface area contributed by atoms with E-state index in [9.17, 15) is 4.79 Å². The molecule has 92 valence electrons. The van der Waals surface area contributed by atoms with Crippen LogP contribution < -0.4 is 5.73 Å². The molecule has 0 fully saturated rings. The second kappa shape index (κ2) is 5.10. The monoisotopic (exact) mass is 260 g/mol. The van der Waals surface area contributed by atoms with Crippen LogP contribution in [-0.4, -0.2) is 16.1 Å². The van der Waals surface area contributed by atoms with Crippen molar-refractivity contribution in [1.29, 1.82) is 0 Å². The number of nitrogens with two attached hydrogens (primary N) is 1. The molecule has 0 unspecified atom stereocenters. The number of carboxylic acids is 1. The van der Waals surface area contributed by atoms with E-state index in [0.29, 0.717) is 4.90 Å². The average molecular weight is 260 g/mol. The molecule has 2 rings (SSSR count). The van der Waals surface area contributed by atoms with E-state index in [-0.39, 0.29) is 11.4 Å². The number of benzene rings is 1. The van der Waals surface area contributed by atoms with Crippen LogP contribution in [0.15, 0.2) is 46.3 Å². The van der Waals surface area contributed by atoms with Crippen LogP contribution in [0.25, 0.3) is 0 Å². The SMILES string of the molecule is Cc1ccc(Sc2cnc(N)cc2C(=O)O)cc1. The fraction of sp³-hybridized carbons (Fsp3) is 0.0769. The summed E-state index contributed by atoms with van der Waals surface area (Å²) in [5, 5.41) is 9.12. The highest BCUT2D eigenvalue weighted by atomic mass is 32.2. The van der Waals surface area contributed by atoms with E-state index >= 15 is 0 Å². The molecule has 0 radical (unpaired) electrons. The van der Waals surface area contributed by atoms with E-state index in [1.165, 1.54) is 24.0 Å². The summed E-state index contributed by atoms with van der Waals surface area (Å²) in [6, 6.07) is 9.23. The second-order valence-electron chi connectivity index (χ2n) is 3.83. The zero-order valence-corrected chi connectivity index (χ0v) is 10.6. The largest absolute Gasteiger partial charge is 0.478 e. The number of carbonyl (C=O) groups is 1. The zero-order chi connectivity index (χ0) is 13.1. The molecule has 0 atom stereocenters. The topological polar surface area (TPSA) is 76.2 Å². The molecular weight excluding hydrogens is 248 g/mol. The Hall–Kier alpha value is -2.01. The standard InChI is InChI=1S/C13H12N2O2S/c1-8-2-4-9(5-3-8)18-11-7-15-12(14)6-10(11)13(16)17/h2-7H,1H3,(H2,14,15)(H,16,17). The van der Waals surface area contributed by atoms with Gasteiger partial charge in [0, 0.05) is 16.0 Å². The van der Waals surface area contributed by atoms with Crippen molar-refractivity contribution in [3.05, 3.63) is 47.7 Å². The number of carboxylic acid groups (broad SMARTS) is 1. The number of nitrogens with zero attached hydrogens (tertiary/aromatic N) is 1. The van der Waals surface area contributed by atoms with Gasteiger partial charge in [0.2, 0.25) is 0 Å². The Balaban J connectivity index is 2.34. The first kappa shape index (κ1) is 12.4. The molecule has 0 saturated carbocycles. The Morgan fingerprint density at radius 3 is 2.61 bits per heavy atom. The van der Waals surface area contributed by atoms with Gasteiger partial charge in [-0.2, -0.15) is 0 Å². The number of aromatic carboxylic acids is 1. The van der Waals surface area contributed by atoms with Gasteiger partial charge in [-0.3, -0.25) is 0 Å². The molecule has 1 aromatic carbocycles. The Morgan fingerprint density at radius 1 is 1.33 bits per heavy atom. The molecule has 0 aliphatic heterocycles. The summed E-state index contributed by atoms with van der Waals surface area (Å²) >= 11 is 1.36. The molecule has 0 saturated heterocycles. The highest BCUT2D eigenvalue weighted by molar-refractivity contribution is 7.99. The lowest BCUT2D eigenvalue weighted by Crippen LogP contribution is -2.02. The zero-order valence-electron chi connectivity index (χ0n) is 9.75. The summed E-state index contributed by atoms with van der Waals surface area (Å²) in [5.74, 6) is -0.792. The number of pyridine rings is 1. The van der Waals surface area contributed by atoms with Crippen molar-refractivity contribution in [1.82, 2.24) is 4.98 Å². The Bertz CT molecular complexity index is 582. The first-order valence-electron chi connectivity index (χ1n) is 5.29. The summed E-state index contributed by atoms with van der Waals surface area (Å²) in [5.41, 5.74) is 6.83. The fourth-order valence-corrected chi connectivity index (χ4v) is 2.33. The summed E-state index contributed by atoms with van der Waals surface area (Å²) in [7, 11) is 0. The number of nitrogen functional groups attached to an aromatic ring is 1. The van der Waals surface area contributed by atoms with Gasteiger partial charge in [0.25, 0.3) is 0 Å². The van der Waals surface area contributed by atoms with E-state index in [4.69, 9.17) is 10.8 Å². The Labute approximate surface area is 109 Å². The van der Waals surface area contributed by atoms with Crippen LogP contribution in [0.3, 0.4) is 0 Å². The van der Waals surface area contributed by atoms with Gasteiger partial charge in [0.05, 0.1) is 5.56 Å². The minimum absolute atomic E-state index is 0.174. The quantitative estimate of drug-likeness (QED) is 0.887. The Morgan fingerprint density at radius 2 is 2.00 bits per heavy atom. The molecule has 0 spiro atoms. The first-order valence-corrected chi connectivity index (χ1v) is 6.11. The third-order valence-electron chi connectivity index (χ3n) is 2.37. The number of rotatable bonds is 3. The van der Waals surface area contributed by atoms with Crippen LogP contribution in [0.1, 0.15) is 15.9 Å². The summed E-state index contributed by atoms with van der Waals surface area (Å²) in [6.07, 6.45) is 1.49. The highest BCUT2D eigenvalue weighted by Gasteiger charge is 2.12. The molecular formula is C13H12N2O2S. The fourth-order valence-electron chi connectivity index (χ4n) is 1.44. The molecule has 3 N–H and O–H groups in total. The maximum Gasteiger partial charge on any atom is 0.337 e. The predicted molar refractivity (Wildman–Crippen MR) is 70.9 cm³/mol. The third-order valence-corrected chi connectivity index (χ3v) is 3.42. The first-order chi connectivity index (χ1) is 8.56.